The monoisotopic (exact) mass is 460 g/mol. The molecule has 0 bridgehead atoms. The number of nitrogens with one attached hydrogen (secondary N) is 2. The van der Waals surface area contributed by atoms with Gasteiger partial charge in [0.15, 0.2) is 0 Å². The molecule has 10 nitrogen and oxygen atoms in total. The summed E-state index contributed by atoms with van der Waals surface area (Å²) in [6.07, 6.45) is 3.97. The number of amides is 2. The van der Waals surface area contributed by atoms with E-state index in [2.05, 4.69) is 20.4 Å². The molecule has 0 radical (unpaired) electrons. The lowest BCUT2D eigenvalue weighted by molar-refractivity contribution is -0.136. The van der Waals surface area contributed by atoms with E-state index in [0.717, 1.165) is 0 Å². The predicted molar refractivity (Wildman–Crippen MR) is 115 cm³/mol. The normalized spacial score (nSPS) is 15.0. The molecule has 1 aromatic carbocycles. The highest BCUT2D eigenvalue weighted by Gasteiger charge is 2.30. The zero-order valence-electron chi connectivity index (χ0n) is 17.5. The van der Waals surface area contributed by atoms with Crippen molar-refractivity contribution >= 4 is 33.5 Å². The second-order valence-electron chi connectivity index (χ2n) is 7.27. The molecule has 0 aliphatic carbocycles. The van der Waals surface area contributed by atoms with E-state index in [0.29, 0.717) is 37.2 Å². The van der Waals surface area contributed by atoms with Gasteiger partial charge in [-0.25, -0.2) is 13.2 Å². The Bertz CT molecular complexity index is 1070. The second kappa shape index (κ2) is 10.3. The molecule has 0 unspecified atom stereocenters. The number of ether oxygens (including phenoxy) is 1. The van der Waals surface area contributed by atoms with Crippen LogP contribution < -0.4 is 10.6 Å². The number of nitrogens with zero attached hydrogens (tertiary/aromatic N) is 2. The Hall–Kier alpha value is -3.31. The minimum atomic E-state index is -3.58. The number of carbonyl (C=O) groups excluding carboxylic acids is 3. The number of anilines is 1. The summed E-state index contributed by atoms with van der Waals surface area (Å²) >= 11 is 0. The molecule has 1 aromatic heterocycles. The first-order valence-electron chi connectivity index (χ1n) is 9.99. The summed E-state index contributed by atoms with van der Waals surface area (Å²) in [4.78, 5) is 39.6. The SMILES string of the molecule is COC(=O)c1ccc(NC(=O)C(=O)NCC2CCN(S(=O)(=O)c3cccnc3)CC2)cc1. The lowest BCUT2D eigenvalue weighted by atomic mass is 9.98. The maximum Gasteiger partial charge on any atom is 0.337 e. The molecule has 11 heteroatoms. The summed E-state index contributed by atoms with van der Waals surface area (Å²) in [6.45, 7) is 0.932. The van der Waals surface area contributed by atoms with E-state index < -0.39 is 27.8 Å². The number of sulfonamides is 1. The average molecular weight is 461 g/mol. The van der Waals surface area contributed by atoms with Crippen molar-refractivity contribution in [2.24, 2.45) is 5.92 Å². The summed E-state index contributed by atoms with van der Waals surface area (Å²) in [5, 5.41) is 5.06. The van der Waals surface area contributed by atoms with Crippen molar-refractivity contribution in [1.29, 1.82) is 0 Å². The number of hydrogen-bond acceptors (Lipinski definition) is 7. The first-order valence-corrected chi connectivity index (χ1v) is 11.4. The molecular weight excluding hydrogens is 436 g/mol. The van der Waals surface area contributed by atoms with Crippen molar-refractivity contribution in [3.05, 3.63) is 54.4 Å². The molecule has 2 heterocycles. The van der Waals surface area contributed by atoms with Gasteiger partial charge in [-0.15, -0.1) is 0 Å². The summed E-state index contributed by atoms with van der Waals surface area (Å²) in [5.41, 5.74) is 0.693. The quantitative estimate of drug-likeness (QED) is 0.485. The van der Waals surface area contributed by atoms with Crippen molar-refractivity contribution < 1.29 is 27.5 Å². The van der Waals surface area contributed by atoms with Crippen molar-refractivity contribution in [2.45, 2.75) is 17.7 Å². The first-order chi connectivity index (χ1) is 15.3. The van der Waals surface area contributed by atoms with Crippen LogP contribution >= 0.6 is 0 Å². The van der Waals surface area contributed by atoms with E-state index in [-0.39, 0.29) is 17.4 Å². The van der Waals surface area contributed by atoms with E-state index in [9.17, 15) is 22.8 Å². The third-order valence-corrected chi connectivity index (χ3v) is 7.05. The van der Waals surface area contributed by atoms with Crippen molar-refractivity contribution in [3.8, 4) is 0 Å². The van der Waals surface area contributed by atoms with Crippen molar-refractivity contribution in [3.63, 3.8) is 0 Å². The largest absolute Gasteiger partial charge is 0.465 e. The topological polar surface area (TPSA) is 135 Å². The lowest BCUT2D eigenvalue weighted by Crippen LogP contribution is -2.43. The smallest absolute Gasteiger partial charge is 0.337 e. The molecule has 2 aromatic rings. The Morgan fingerprint density at radius 1 is 1.09 bits per heavy atom. The van der Waals surface area contributed by atoms with Gasteiger partial charge >= 0.3 is 17.8 Å². The minimum Gasteiger partial charge on any atom is -0.465 e. The zero-order valence-corrected chi connectivity index (χ0v) is 18.3. The molecule has 3 rings (SSSR count). The van der Waals surface area contributed by atoms with Gasteiger partial charge in [0.1, 0.15) is 4.90 Å². The molecule has 1 aliphatic rings. The summed E-state index contributed by atoms with van der Waals surface area (Å²) < 4.78 is 31.3. The standard InChI is InChI=1S/C21H24N4O6S/c1-31-21(28)16-4-6-17(7-5-16)24-20(27)19(26)23-13-15-8-11-25(12-9-15)32(29,30)18-3-2-10-22-14-18/h2-7,10,14-15H,8-9,11-13H2,1H3,(H,23,26)(H,24,27). The van der Waals surface area contributed by atoms with Crippen LogP contribution in [-0.4, -0.2) is 62.2 Å². The summed E-state index contributed by atoms with van der Waals surface area (Å²) in [7, 11) is -2.31. The van der Waals surface area contributed by atoms with Crippen LogP contribution in [0.1, 0.15) is 23.2 Å². The molecule has 0 saturated carbocycles. The van der Waals surface area contributed by atoms with Crippen LogP contribution in [0, 0.1) is 5.92 Å². The molecule has 0 spiro atoms. The van der Waals surface area contributed by atoms with Crippen molar-refractivity contribution in [2.75, 3.05) is 32.1 Å². The number of aromatic nitrogens is 1. The van der Waals surface area contributed by atoms with Crippen LogP contribution in [0.3, 0.4) is 0 Å². The minimum absolute atomic E-state index is 0.0615. The average Bonchev–Trinajstić information content (AvgIpc) is 2.83. The van der Waals surface area contributed by atoms with E-state index in [4.69, 9.17) is 0 Å². The van der Waals surface area contributed by atoms with Gasteiger partial charge in [-0.1, -0.05) is 0 Å². The van der Waals surface area contributed by atoms with Gasteiger partial charge in [0.2, 0.25) is 10.0 Å². The Morgan fingerprint density at radius 2 is 1.78 bits per heavy atom. The molecular formula is C21H24N4O6S. The van der Waals surface area contributed by atoms with Crippen LogP contribution in [0.2, 0.25) is 0 Å². The van der Waals surface area contributed by atoms with Crippen LogP contribution in [0.5, 0.6) is 0 Å². The molecule has 1 fully saturated rings. The zero-order chi connectivity index (χ0) is 23.1. The third kappa shape index (κ3) is 5.68. The molecule has 170 valence electrons. The molecule has 0 atom stereocenters. The van der Waals surface area contributed by atoms with Gasteiger partial charge in [0, 0.05) is 37.7 Å². The van der Waals surface area contributed by atoms with E-state index >= 15 is 0 Å². The fourth-order valence-electron chi connectivity index (χ4n) is 3.32. The van der Waals surface area contributed by atoms with Gasteiger partial charge in [-0.2, -0.15) is 4.31 Å². The predicted octanol–water partition coefficient (Wildman–Crippen LogP) is 1.02. The maximum atomic E-state index is 12.6. The van der Waals surface area contributed by atoms with Gasteiger partial charge in [-0.3, -0.25) is 14.6 Å². The van der Waals surface area contributed by atoms with Gasteiger partial charge in [-0.05, 0) is 55.2 Å². The molecule has 2 N–H and O–H groups in total. The Labute approximate surface area is 186 Å². The van der Waals surface area contributed by atoms with Crippen molar-refractivity contribution in [1.82, 2.24) is 14.6 Å². The molecule has 2 amide bonds. The maximum absolute atomic E-state index is 12.6. The highest BCUT2D eigenvalue weighted by Crippen LogP contribution is 2.23. The number of pyridine rings is 1. The van der Waals surface area contributed by atoms with E-state index in [1.54, 1.807) is 6.07 Å². The van der Waals surface area contributed by atoms with Gasteiger partial charge in [0.05, 0.1) is 12.7 Å². The highest BCUT2D eigenvalue weighted by atomic mass is 32.2. The number of esters is 1. The Balaban J connectivity index is 1.44. The fourth-order valence-corrected chi connectivity index (χ4v) is 4.75. The highest BCUT2D eigenvalue weighted by molar-refractivity contribution is 7.89. The van der Waals surface area contributed by atoms with Gasteiger partial charge < -0.3 is 15.4 Å². The Kier molecular flexibility index (Phi) is 7.54. The summed E-state index contributed by atoms with van der Waals surface area (Å²) in [5.74, 6) is -2.05. The number of piperidine rings is 1. The van der Waals surface area contributed by atoms with Crippen LogP contribution in [0.25, 0.3) is 0 Å². The lowest BCUT2D eigenvalue weighted by Gasteiger charge is -2.31. The molecule has 1 aliphatic heterocycles. The second-order valence-corrected chi connectivity index (χ2v) is 9.21. The number of hydrogen-bond donors (Lipinski definition) is 2. The van der Waals surface area contributed by atoms with Crippen LogP contribution in [0.4, 0.5) is 5.69 Å². The van der Waals surface area contributed by atoms with Gasteiger partial charge in [0.25, 0.3) is 0 Å². The molecule has 32 heavy (non-hydrogen) atoms. The first kappa shape index (κ1) is 23.4. The van der Waals surface area contributed by atoms with E-state index in [1.165, 1.54) is 54.1 Å². The number of carbonyl (C=O) groups is 3. The van der Waals surface area contributed by atoms with Crippen LogP contribution in [-0.2, 0) is 24.3 Å². The Morgan fingerprint density at radius 3 is 2.38 bits per heavy atom. The number of rotatable bonds is 6. The number of benzene rings is 1. The van der Waals surface area contributed by atoms with E-state index in [1.807, 2.05) is 0 Å². The number of methoxy groups -OCH3 is 1. The summed E-state index contributed by atoms with van der Waals surface area (Å²) in [6, 6.07) is 9.04. The fraction of sp³-hybridized carbons (Fsp3) is 0.333. The van der Waals surface area contributed by atoms with Crippen LogP contribution in [0.15, 0.2) is 53.7 Å². The third-order valence-electron chi connectivity index (χ3n) is 5.17. The molecule has 1 saturated heterocycles.